The molecule has 6 nitrogen and oxygen atoms in total. The molecule has 4 heterocycles. The number of rotatable bonds is 9. The summed E-state index contributed by atoms with van der Waals surface area (Å²) in [5.74, 6) is 0.775. The number of benzene rings is 9. The van der Waals surface area contributed by atoms with Crippen LogP contribution in [0.5, 0.6) is 11.6 Å². The third-order valence-electron chi connectivity index (χ3n) is 13.9. The normalized spacial score (nSPS) is 14.9. The molecule has 0 amide bonds. The predicted molar refractivity (Wildman–Crippen MR) is 303 cm³/mol. The van der Waals surface area contributed by atoms with Gasteiger partial charge in [0.05, 0.1) is 0 Å². The van der Waals surface area contributed by atoms with E-state index < -0.39 is 50.9 Å². The quantitative estimate of drug-likeness (QED) is 0.135. The molecule has 360 valence electrons. The Kier molecular flexibility index (Phi) is 8.54. The van der Waals surface area contributed by atoms with Crippen LogP contribution in [0.1, 0.15) is 52.5 Å². The molecule has 1 aliphatic heterocycles. The van der Waals surface area contributed by atoms with Gasteiger partial charge in [-0.1, -0.05) is 60.7 Å². The van der Waals surface area contributed by atoms with Crippen molar-refractivity contribution in [3.05, 3.63) is 245 Å². The van der Waals surface area contributed by atoms with Crippen LogP contribution < -0.4 is 15.0 Å². The van der Waals surface area contributed by atoms with Gasteiger partial charge < -0.3 is 0 Å². The van der Waals surface area contributed by atoms with Crippen molar-refractivity contribution in [2.75, 3.05) is 4.81 Å². The summed E-state index contributed by atoms with van der Waals surface area (Å²) >= 11 is 2.23. The molecule has 0 bridgehead atoms. The van der Waals surface area contributed by atoms with Gasteiger partial charge in [-0.3, -0.25) is 0 Å². The molecule has 0 saturated heterocycles. The molecule has 74 heavy (non-hydrogen) atoms. The van der Waals surface area contributed by atoms with Crippen LogP contribution in [0.3, 0.4) is 0 Å². The maximum absolute atomic E-state index is 9.30. The minimum atomic E-state index is -2.66. The fourth-order valence-electron chi connectivity index (χ4n) is 10.9. The van der Waals surface area contributed by atoms with Crippen molar-refractivity contribution >= 4 is 56.8 Å². The van der Waals surface area contributed by atoms with E-state index in [1.165, 1.54) is 12.1 Å². The van der Waals surface area contributed by atoms with Gasteiger partial charge in [-0.2, -0.15) is 0 Å². The van der Waals surface area contributed by atoms with Crippen LogP contribution in [-0.2, 0) is 24.8 Å². The molecule has 8 heteroatoms. The first-order valence-electron chi connectivity index (χ1n) is 29.9. The van der Waals surface area contributed by atoms with Gasteiger partial charge in [-0.25, -0.2) is 0 Å². The molecule has 0 fully saturated rings. The number of hydrogen-bond acceptors (Lipinski definition) is 3. The average molecular weight is 1150 g/mol. The Morgan fingerprint density at radius 2 is 1.22 bits per heavy atom. The van der Waals surface area contributed by atoms with Crippen LogP contribution in [0.15, 0.2) is 224 Å². The van der Waals surface area contributed by atoms with Crippen molar-refractivity contribution in [2.45, 2.75) is 39.9 Å². The number of nitrogens with zero attached hydrogens (tertiary/aromatic N) is 5. The molecule has 1 aliphatic rings. The van der Waals surface area contributed by atoms with E-state index in [0.29, 0.717) is 54.5 Å². The van der Waals surface area contributed by atoms with Gasteiger partial charge in [0, 0.05) is 16.3 Å². The van der Waals surface area contributed by atoms with Crippen LogP contribution in [0, 0.1) is 17.5 Å². The second kappa shape index (κ2) is 18.0. The van der Waals surface area contributed by atoms with Crippen molar-refractivity contribution in [1.82, 2.24) is 18.6 Å². The molecular weight excluding hydrogens is 1080 g/mol. The SMILES string of the molecule is [2H]c1c([2H])c([2H])c(-c2cc(C([2H])([2H])[2H])cc(-c3ccccc3)c2-n2[c](=[Pt])n(-c3ccc(-c4ccccc4C(C)(C)C)c(Oc4cc(C([2H])([2H])[2H])cc(N5B(c6ccccc6)n6c7ccccc7c7cccc5c76)n4)c3)c3ccccc32)c([2H])c1[2H]. The van der Waals surface area contributed by atoms with Crippen molar-refractivity contribution in [1.29, 1.82) is 0 Å². The summed E-state index contributed by atoms with van der Waals surface area (Å²) in [6.45, 7) is 0.728. The Balaban J connectivity index is 1.06. The van der Waals surface area contributed by atoms with E-state index in [9.17, 15) is 2.74 Å². The zero-order chi connectivity index (χ0) is 59.6. The first kappa shape index (κ1) is 35.0. The van der Waals surface area contributed by atoms with E-state index in [2.05, 4.69) is 85.8 Å². The van der Waals surface area contributed by atoms with Gasteiger partial charge in [-0.15, -0.1) is 0 Å². The molecule has 0 radical (unpaired) electrons. The molecule has 0 saturated carbocycles. The fourth-order valence-corrected chi connectivity index (χ4v) is 12.0. The first-order valence-corrected chi connectivity index (χ1v) is 25.5. The van der Waals surface area contributed by atoms with Crippen LogP contribution in [0.25, 0.3) is 77.6 Å². The summed E-state index contributed by atoms with van der Waals surface area (Å²) < 4.78 is 112. The Morgan fingerprint density at radius 3 is 1.97 bits per heavy atom. The van der Waals surface area contributed by atoms with Gasteiger partial charge in [0.25, 0.3) is 0 Å². The number of ether oxygens (including phenoxy) is 1. The van der Waals surface area contributed by atoms with E-state index in [4.69, 9.17) is 22.1 Å². The molecule has 0 N–H and O–H groups in total. The van der Waals surface area contributed by atoms with Crippen LogP contribution in [0.2, 0.25) is 0 Å². The molecule has 13 rings (SSSR count). The van der Waals surface area contributed by atoms with E-state index in [1.54, 1.807) is 12.1 Å². The van der Waals surface area contributed by atoms with Crippen molar-refractivity contribution in [3.8, 4) is 56.4 Å². The summed E-state index contributed by atoms with van der Waals surface area (Å²) in [7, 11) is 0. The Labute approximate surface area is 458 Å². The second-order valence-electron chi connectivity index (χ2n) is 19.5. The Bertz CT molecular complexity index is 4730. The van der Waals surface area contributed by atoms with E-state index in [-0.39, 0.29) is 33.5 Å². The molecule has 0 aliphatic carbocycles. The summed E-state index contributed by atoms with van der Waals surface area (Å²) in [6.07, 6.45) is 0. The number of imidazole rings is 1. The van der Waals surface area contributed by atoms with Crippen molar-refractivity contribution < 1.29 is 39.2 Å². The van der Waals surface area contributed by atoms with Gasteiger partial charge in [0.15, 0.2) is 0 Å². The number of anilines is 2. The van der Waals surface area contributed by atoms with Crippen LogP contribution in [-0.4, -0.2) is 25.6 Å². The summed E-state index contributed by atoms with van der Waals surface area (Å²) in [5.41, 5.74) is 9.47. The number of aromatic nitrogens is 4. The van der Waals surface area contributed by atoms with E-state index in [1.807, 2.05) is 143 Å². The average Bonchev–Trinajstić information content (AvgIpc) is 1.63. The van der Waals surface area contributed by atoms with E-state index >= 15 is 0 Å². The molecule has 0 unspecified atom stereocenters. The number of para-hydroxylation sites is 4. The first-order chi connectivity index (χ1) is 40.6. The van der Waals surface area contributed by atoms with Gasteiger partial charge in [0.2, 0.25) is 0 Å². The second-order valence-corrected chi connectivity index (χ2v) is 20.5. The standard InChI is InChI=1S/C66H52BN5O.Pt/c1-44-38-54(46-22-9-6-10-23-46)64(55(39-44)47-24-11-7-12-25-47)70-43-69(58-33-19-20-34-59(58)70)49-36-37-52(50-28-15-17-31-56(50)66(3,4)5)61(42-49)73-63-41-45(2)40-62(68-63)71-60-35-21-30-53-51-29-16-18-32-57(51)72(65(53)60)67(71)48-26-13-8-14-27-48;/h6-42H,1-5H3;/i1D3,2D3,6D,9D,10D,22D,23D;. The summed E-state index contributed by atoms with van der Waals surface area (Å²) in [4.78, 5) is 7.40. The monoisotopic (exact) mass is 1150 g/mol. The molecule has 9 aromatic carbocycles. The molecule has 0 spiro atoms. The van der Waals surface area contributed by atoms with Gasteiger partial charge in [-0.05, 0) is 6.07 Å². The number of hydrogen-bond donors (Lipinski definition) is 0. The Hall–Kier alpha value is -8.25. The zero-order valence-electron chi connectivity index (χ0n) is 51.5. The van der Waals surface area contributed by atoms with Gasteiger partial charge in [0.1, 0.15) is 0 Å². The topological polar surface area (TPSA) is 40.1 Å². The van der Waals surface area contributed by atoms with Crippen LogP contribution in [0.4, 0.5) is 11.5 Å². The maximum atomic E-state index is 9.30. The third-order valence-corrected chi connectivity index (χ3v) is 15.0. The molecule has 3 aromatic heterocycles. The number of aryl methyl sites for hydroxylation is 2. The van der Waals surface area contributed by atoms with Gasteiger partial charge >= 0.3 is 377 Å². The molecule has 0 atom stereocenters. The van der Waals surface area contributed by atoms with Crippen molar-refractivity contribution in [3.63, 3.8) is 0 Å². The fraction of sp³-hybridized carbons (Fsp3) is 0.0909. The van der Waals surface area contributed by atoms with E-state index in [0.717, 1.165) is 44.1 Å². The molecule has 12 aromatic rings. The van der Waals surface area contributed by atoms with Crippen molar-refractivity contribution in [2.24, 2.45) is 0 Å². The minimum absolute atomic E-state index is 0.0291. The zero-order valence-corrected chi connectivity index (χ0v) is 42.8. The molecular formula is C66H52BN5OPt. The number of fused-ring (bicyclic) bond motifs is 4. The Morgan fingerprint density at radius 1 is 0.568 bits per heavy atom. The summed E-state index contributed by atoms with van der Waals surface area (Å²) in [6, 6.07) is 59.0. The third kappa shape index (κ3) is 7.60. The number of pyridine rings is 1. The predicted octanol–water partition coefficient (Wildman–Crippen LogP) is 16.1. The summed E-state index contributed by atoms with van der Waals surface area (Å²) in [5, 5.41) is 2.16. The van der Waals surface area contributed by atoms with Crippen LogP contribution >= 0.6 is 0 Å².